The second-order valence-electron chi connectivity index (χ2n) is 5.66. The summed E-state index contributed by atoms with van der Waals surface area (Å²) in [5, 5.41) is 3.46. The normalized spacial score (nSPS) is 10.8. The summed E-state index contributed by atoms with van der Waals surface area (Å²) in [7, 11) is 0. The number of hydrogen-bond acceptors (Lipinski definition) is 4. The number of aromatic nitrogens is 2. The fourth-order valence-corrected chi connectivity index (χ4v) is 2.98. The maximum atomic E-state index is 12.0. The fraction of sp³-hybridized carbons (Fsp3) is 0.211. The molecule has 0 radical (unpaired) electrons. The number of anilines is 1. The Labute approximate surface area is 149 Å². The zero-order valence-electron chi connectivity index (χ0n) is 13.9. The van der Waals surface area contributed by atoms with Crippen molar-refractivity contribution in [2.24, 2.45) is 0 Å². The van der Waals surface area contributed by atoms with Crippen molar-refractivity contribution in [1.29, 1.82) is 0 Å². The van der Waals surface area contributed by atoms with Gasteiger partial charge < -0.3 is 10.3 Å². The van der Waals surface area contributed by atoms with Gasteiger partial charge in [-0.15, -0.1) is 11.8 Å². The topological polar surface area (TPSA) is 74.8 Å². The Balaban J connectivity index is 1.55. The van der Waals surface area contributed by atoms with Gasteiger partial charge in [0.2, 0.25) is 5.91 Å². The van der Waals surface area contributed by atoms with Crippen LogP contribution in [0.3, 0.4) is 0 Å². The monoisotopic (exact) mass is 353 g/mol. The number of aromatic amines is 1. The van der Waals surface area contributed by atoms with Gasteiger partial charge in [-0.1, -0.05) is 12.1 Å². The van der Waals surface area contributed by atoms with E-state index in [2.05, 4.69) is 15.3 Å². The minimum atomic E-state index is -0.140. The van der Waals surface area contributed by atoms with Gasteiger partial charge in [-0.3, -0.25) is 9.59 Å². The Morgan fingerprint density at radius 1 is 1.16 bits per heavy atom. The molecule has 0 atom stereocenters. The van der Waals surface area contributed by atoms with E-state index in [1.54, 1.807) is 17.8 Å². The van der Waals surface area contributed by atoms with Crippen molar-refractivity contribution in [2.75, 3.05) is 11.6 Å². The number of carbonyl (C=O) groups is 1. The van der Waals surface area contributed by atoms with Crippen LogP contribution in [0.15, 0.2) is 58.2 Å². The Morgan fingerprint density at radius 2 is 1.92 bits per heavy atom. The maximum Gasteiger partial charge on any atom is 0.258 e. The highest BCUT2D eigenvalue weighted by molar-refractivity contribution is 7.98. The van der Waals surface area contributed by atoms with E-state index in [4.69, 9.17) is 0 Å². The Bertz CT molecular complexity index is 935. The molecule has 0 aliphatic heterocycles. The predicted molar refractivity (Wildman–Crippen MR) is 102 cm³/mol. The van der Waals surface area contributed by atoms with Gasteiger partial charge in [-0.25, -0.2) is 4.98 Å². The molecule has 0 saturated heterocycles. The molecule has 1 aromatic heterocycles. The first-order valence-electron chi connectivity index (χ1n) is 8.07. The summed E-state index contributed by atoms with van der Waals surface area (Å²) in [6.45, 7) is 0. The van der Waals surface area contributed by atoms with Crippen molar-refractivity contribution in [1.82, 2.24) is 9.97 Å². The highest BCUT2D eigenvalue weighted by Crippen LogP contribution is 2.17. The number of fused-ring (bicyclic) bond motifs is 1. The van der Waals surface area contributed by atoms with Gasteiger partial charge >= 0.3 is 0 Å². The second-order valence-corrected chi connectivity index (χ2v) is 6.54. The van der Waals surface area contributed by atoms with E-state index in [-0.39, 0.29) is 11.5 Å². The van der Waals surface area contributed by atoms with Gasteiger partial charge in [0.05, 0.1) is 10.9 Å². The molecule has 2 N–H and O–H groups in total. The number of nitrogens with one attached hydrogen (secondary N) is 2. The Morgan fingerprint density at radius 3 is 2.68 bits per heavy atom. The second kappa shape index (κ2) is 7.98. The number of benzene rings is 2. The van der Waals surface area contributed by atoms with Crippen LogP contribution in [0.1, 0.15) is 18.7 Å². The van der Waals surface area contributed by atoms with Gasteiger partial charge in [0.1, 0.15) is 5.82 Å². The zero-order valence-corrected chi connectivity index (χ0v) is 14.7. The van der Waals surface area contributed by atoms with Crippen LogP contribution in [0.25, 0.3) is 10.9 Å². The molecule has 1 amide bonds. The van der Waals surface area contributed by atoms with Crippen LogP contribution in [0, 0.1) is 0 Å². The number of hydrogen-bond donors (Lipinski definition) is 2. The lowest BCUT2D eigenvalue weighted by atomic mass is 10.2. The summed E-state index contributed by atoms with van der Waals surface area (Å²) in [5.74, 6) is 0.570. The molecule has 6 heteroatoms. The molecule has 2 aromatic carbocycles. The smallest absolute Gasteiger partial charge is 0.258 e. The molecule has 25 heavy (non-hydrogen) atoms. The van der Waals surface area contributed by atoms with Gasteiger partial charge in [0.15, 0.2) is 0 Å². The van der Waals surface area contributed by atoms with Crippen molar-refractivity contribution >= 4 is 34.3 Å². The number of aryl methyl sites for hydroxylation is 1. The number of amides is 1. The zero-order chi connectivity index (χ0) is 17.6. The number of H-pyrrole nitrogens is 1. The number of rotatable bonds is 6. The summed E-state index contributed by atoms with van der Waals surface area (Å²) >= 11 is 1.66. The van der Waals surface area contributed by atoms with Crippen LogP contribution in [-0.4, -0.2) is 22.1 Å². The van der Waals surface area contributed by atoms with E-state index < -0.39 is 0 Å². The van der Waals surface area contributed by atoms with Crippen molar-refractivity contribution in [3.05, 3.63) is 64.7 Å². The largest absolute Gasteiger partial charge is 0.326 e. The molecule has 0 aliphatic carbocycles. The maximum absolute atomic E-state index is 12.0. The molecule has 0 bridgehead atoms. The average molecular weight is 353 g/mol. The van der Waals surface area contributed by atoms with E-state index in [9.17, 15) is 9.59 Å². The quantitative estimate of drug-likeness (QED) is 0.664. The number of nitrogens with zero attached hydrogens (tertiary/aromatic N) is 1. The third kappa shape index (κ3) is 4.48. The summed E-state index contributed by atoms with van der Waals surface area (Å²) in [4.78, 5) is 32.4. The third-order valence-corrected chi connectivity index (χ3v) is 4.60. The van der Waals surface area contributed by atoms with Crippen molar-refractivity contribution in [3.8, 4) is 0 Å². The SMILES string of the molecule is CSc1ccc(NC(=O)CCCc2nc3ccccc3c(=O)[nH]2)cc1. The van der Waals surface area contributed by atoms with Crippen LogP contribution in [-0.2, 0) is 11.2 Å². The molecule has 128 valence electrons. The minimum Gasteiger partial charge on any atom is -0.326 e. The summed E-state index contributed by atoms with van der Waals surface area (Å²) in [5.41, 5.74) is 1.33. The first kappa shape index (κ1) is 17.2. The molecule has 0 unspecified atom stereocenters. The number of thioether (sulfide) groups is 1. The molecular weight excluding hydrogens is 334 g/mol. The lowest BCUT2D eigenvalue weighted by Gasteiger charge is -2.06. The highest BCUT2D eigenvalue weighted by atomic mass is 32.2. The van der Waals surface area contributed by atoms with Gasteiger partial charge in [-0.2, -0.15) is 0 Å². The molecule has 0 aliphatic rings. The van der Waals surface area contributed by atoms with Gasteiger partial charge in [0.25, 0.3) is 5.56 Å². The summed E-state index contributed by atoms with van der Waals surface area (Å²) in [6, 6.07) is 15.0. The first-order valence-corrected chi connectivity index (χ1v) is 9.30. The Kier molecular flexibility index (Phi) is 5.50. The molecule has 0 saturated carbocycles. The van der Waals surface area contributed by atoms with Crippen LogP contribution in [0.2, 0.25) is 0 Å². The fourth-order valence-electron chi connectivity index (χ4n) is 2.57. The van der Waals surface area contributed by atoms with Crippen LogP contribution >= 0.6 is 11.8 Å². The van der Waals surface area contributed by atoms with E-state index in [1.807, 2.05) is 48.7 Å². The van der Waals surface area contributed by atoms with E-state index in [1.165, 1.54) is 0 Å². The van der Waals surface area contributed by atoms with Gasteiger partial charge in [-0.05, 0) is 49.1 Å². The summed E-state index contributed by atoms with van der Waals surface area (Å²) < 4.78 is 0. The highest BCUT2D eigenvalue weighted by Gasteiger charge is 2.06. The lowest BCUT2D eigenvalue weighted by molar-refractivity contribution is -0.116. The number of carbonyl (C=O) groups excluding carboxylic acids is 1. The standard InChI is InChI=1S/C19H19N3O2S/c1-25-14-11-9-13(10-12-14)20-18(23)8-4-7-17-21-16-6-3-2-5-15(16)19(24)22-17/h2-3,5-6,9-12H,4,7-8H2,1H3,(H,20,23)(H,21,22,24). The molecule has 1 heterocycles. The predicted octanol–water partition coefficient (Wildman–Crippen LogP) is 3.61. The molecule has 0 fully saturated rings. The lowest BCUT2D eigenvalue weighted by Crippen LogP contribution is -2.14. The van der Waals surface area contributed by atoms with Crippen molar-refractivity contribution in [3.63, 3.8) is 0 Å². The number of para-hydroxylation sites is 1. The average Bonchev–Trinajstić information content (AvgIpc) is 2.62. The molecular formula is C19H19N3O2S. The molecule has 0 spiro atoms. The van der Waals surface area contributed by atoms with Gasteiger partial charge in [0, 0.05) is 23.4 Å². The van der Waals surface area contributed by atoms with Crippen LogP contribution in [0.5, 0.6) is 0 Å². The van der Waals surface area contributed by atoms with E-state index >= 15 is 0 Å². The Hall–Kier alpha value is -2.60. The minimum absolute atomic E-state index is 0.0416. The molecule has 3 rings (SSSR count). The van der Waals surface area contributed by atoms with Crippen LogP contribution < -0.4 is 10.9 Å². The van der Waals surface area contributed by atoms with E-state index in [0.717, 1.165) is 10.6 Å². The summed E-state index contributed by atoms with van der Waals surface area (Å²) in [6.07, 6.45) is 3.56. The molecule has 5 nitrogen and oxygen atoms in total. The van der Waals surface area contributed by atoms with Crippen molar-refractivity contribution < 1.29 is 4.79 Å². The van der Waals surface area contributed by atoms with E-state index in [0.29, 0.717) is 36.0 Å². The van der Waals surface area contributed by atoms with Crippen molar-refractivity contribution in [2.45, 2.75) is 24.2 Å². The first-order chi connectivity index (χ1) is 12.2. The third-order valence-electron chi connectivity index (χ3n) is 3.85. The molecule has 3 aromatic rings. The van der Waals surface area contributed by atoms with Crippen LogP contribution in [0.4, 0.5) is 5.69 Å².